The van der Waals surface area contributed by atoms with Gasteiger partial charge in [0.1, 0.15) is 6.10 Å². The molecule has 0 aromatic carbocycles. The number of rotatable bonds is 3. The standard InChI is InChI=1S/C7H12O5/c1-4(2)6(9)12-7(10,11)5(3)8/h5,8,10-11H,1H2,2-3H3. The summed E-state index contributed by atoms with van der Waals surface area (Å²) in [5.41, 5.74) is 0.0168. The molecular formula is C7H12O5. The van der Waals surface area contributed by atoms with E-state index < -0.39 is 18.0 Å². The highest BCUT2D eigenvalue weighted by molar-refractivity contribution is 5.87. The molecule has 12 heavy (non-hydrogen) atoms. The van der Waals surface area contributed by atoms with Crippen LogP contribution in [-0.2, 0) is 9.53 Å². The summed E-state index contributed by atoms with van der Waals surface area (Å²) in [5, 5.41) is 26.4. The first-order chi connectivity index (χ1) is 5.27. The molecule has 5 nitrogen and oxygen atoms in total. The van der Waals surface area contributed by atoms with E-state index in [0.29, 0.717) is 0 Å². The zero-order valence-electron chi connectivity index (χ0n) is 6.94. The molecule has 1 unspecified atom stereocenters. The molecule has 0 aliphatic rings. The molecule has 1 atom stereocenters. The van der Waals surface area contributed by atoms with Gasteiger partial charge in [0, 0.05) is 5.57 Å². The van der Waals surface area contributed by atoms with Gasteiger partial charge in [-0.3, -0.25) is 0 Å². The second kappa shape index (κ2) is 3.66. The Kier molecular flexibility index (Phi) is 3.38. The van der Waals surface area contributed by atoms with Gasteiger partial charge in [0.15, 0.2) is 0 Å². The molecule has 0 saturated heterocycles. The molecule has 5 heteroatoms. The van der Waals surface area contributed by atoms with Gasteiger partial charge in [0.05, 0.1) is 0 Å². The Morgan fingerprint density at radius 1 is 1.58 bits per heavy atom. The summed E-state index contributed by atoms with van der Waals surface area (Å²) in [6.45, 7) is 5.64. The van der Waals surface area contributed by atoms with Gasteiger partial charge >= 0.3 is 11.9 Å². The summed E-state index contributed by atoms with van der Waals surface area (Å²) in [6, 6.07) is 0. The van der Waals surface area contributed by atoms with Crippen LogP contribution in [0.4, 0.5) is 0 Å². The topological polar surface area (TPSA) is 87.0 Å². The lowest BCUT2D eigenvalue weighted by Crippen LogP contribution is -2.44. The first-order valence-electron chi connectivity index (χ1n) is 3.29. The Morgan fingerprint density at radius 3 is 2.25 bits per heavy atom. The van der Waals surface area contributed by atoms with E-state index in [1.165, 1.54) is 6.92 Å². The van der Waals surface area contributed by atoms with Gasteiger partial charge < -0.3 is 20.1 Å². The van der Waals surface area contributed by atoms with Crippen LogP contribution in [0.2, 0.25) is 0 Å². The maximum absolute atomic E-state index is 10.7. The van der Waals surface area contributed by atoms with E-state index in [4.69, 9.17) is 15.3 Å². The van der Waals surface area contributed by atoms with Gasteiger partial charge in [0.25, 0.3) is 0 Å². The number of carbonyl (C=O) groups is 1. The fourth-order valence-electron chi connectivity index (χ4n) is 0.309. The zero-order valence-corrected chi connectivity index (χ0v) is 6.94. The summed E-state index contributed by atoms with van der Waals surface area (Å²) in [7, 11) is 0. The Morgan fingerprint density at radius 2 is 2.00 bits per heavy atom. The van der Waals surface area contributed by atoms with Crippen LogP contribution in [-0.4, -0.2) is 33.4 Å². The van der Waals surface area contributed by atoms with Crippen molar-refractivity contribution in [2.45, 2.75) is 25.9 Å². The number of ether oxygens (including phenoxy) is 1. The van der Waals surface area contributed by atoms with Crippen molar-refractivity contribution >= 4 is 5.97 Å². The molecule has 0 aromatic rings. The van der Waals surface area contributed by atoms with E-state index in [0.717, 1.165) is 6.92 Å². The molecule has 0 aliphatic carbocycles. The van der Waals surface area contributed by atoms with E-state index >= 15 is 0 Å². The second-order valence-corrected chi connectivity index (χ2v) is 2.50. The predicted octanol–water partition coefficient (Wildman–Crippen LogP) is -0.875. The van der Waals surface area contributed by atoms with Crippen LogP contribution < -0.4 is 0 Å². The average molecular weight is 176 g/mol. The lowest BCUT2D eigenvalue weighted by molar-refractivity contribution is -0.353. The minimum Gasteiger partial charge on any atom is -0.402 e. The van der Waals surface area contributed by atoms with Crippen LogP contribution in [0.3, 0.4) is 0 Å². The van der Waals surface area contributed by atoms with E-state index in [9.17, 15) is 4.79 Å². The molecule has 0 spiro atoms. The van der Waals surface area contributed by atoms with Gasteiger partial charge in [-0.25, -0.2) is 4.79 Å². The molecule has 0 aliphatic heterocycles. The molecule has 0 saturated carbocycles. The highest BCUT2D eigenvalue weighted by atomic mass is 16.8. The molecule has 0 radical (unpaired) electrons. The molecule has 0 fully saturated rings. The maximum Gasteiger partial charge on any atom is 0.351 e. The largest absolute Gasteiger partial charge is 0.402 e. The van der Waals surface area contributed by atoms with Crippen molar-refractivity contribution in [3.05, 3.63) is 12.2 Å². The van der Waals surface area contributed by atoms with Crippen molar-refractivity contribution in [3.8, 4) is 0 Å². The molecule has 0 heterocycles. The molecule has 0 rings (SSSR count). The van der Waals surface area contributed by atoms with E-state index in [1.807, 2.05) is 0 Å². The van der Waals surface area contributed by atoms with E-state index in [1.54, 1.807) is 0 Å². The minimum atomic E-state index is -2.85. The highest BCUT2D eigenvalue weighted by Gasteiger charge is 2.34. The number of aliphatic hydroxyl groups excluding tert-OH is 1. The Labute approximate surface area is 69.9 Å². The van der Waals surface area contributed by atoms with Gasteiger partial charge in [0.2, 0.25) is 0 Å². The number of hydrogen-bond acceptors (Lipinski definition) is 5. The summed E-state index contributed by atoms with van der Waals surface area (Å²) in [5.74, 6) is -3.82. The minimum absolute atomic E-state index is 0.0168. The van der Waals surface area contributed by atoms with Gasteiger partial charge in [-0.05, 0) is 13.8 Å². The lowest BCUT2D eigenvalue weighted by Gasteiger charge is -2.23. The predicted molar refractivity (Wildman–Crippen MR) is 39.8 cm³/mol. The Balaban J connectivity index is 4.25. The van der Waals surface area contributed by atoms with Crippen molar-refractivity contribution in [3.63, 3.8) is 0 Å². The number of aliphatic hydroxyl groups is 3. The molecule has 0 amide bonds. The Bertz CT molecular complexity index is 194. The molecule has 0 bridgehead atoms. The first-order valence-corrected chi connectivity index (χ1v) is 3.29. The van der Waals surface area contributed by atoms with Crippen LogP contribution in [0.1, 0.15) is 13.8 Å². The first kappa shape index (κ1) is 11.1. The summed E-state index contributed by atoms with van der Waals surface area (Å²) in [6.07, 6.45) is -1.58. The number of carbonyl (C=O) groups excluding carboxylic acids is 1. The average Bonchev–Trinajstić information content (AvgIpc) is 1.85. The van der Waals surface area contributed by atoms with Crippen LogP contribution >= 0.6 is 0 Å². The number of hydrogen-bond donors (Lipinski definition) is 3. The van der Waals surface area contributed by atoms with Crippen molar-refractivity contribution in [1.82, 2.24) is 0 Å². The Hall–Kier alpha value is -0.910. The van der Waals surface area contributed by atoms with Crippen LogP contribution in [0.25, 0.3) is 0 Å². The van der Waals surface area contributed by atoms with Crippen molar-refractivity contribution in [2.24, 2.45) is 0 Å². The van der Waals surface area contributed by atoms with Crippen LogP contribution in [0.15, 0.2) is 12.2 Å². The summed E-state index contributed by atoms with van der Waals surface area (Å²) < 4.78 is 4.08. The third kappa shape index (κ3) is 3.00. The van der Waals surface area contributed by atoms with Crippen LogP contribution in [0.5, 0.6) is 0 Å². The summed E-state index contributed by atoms with van der Waals surface area (Å²) >= 11 is 0. The van der Waals surface area contributed by atoms with Crippen molar-refractivity contribution in [2.75, 3.05) is 0 Å². The monoisotopic (exact) mass is 176 g/mol. The molecular weight excluding hydrogens is 164 g/mol. The molecule has 70 valence electrons. The van der Waals surface area contributed by atoms with E-state index in [2.05, 4.69) is 11.3 Å². The van der Waals surface area contributed by atoms with E-state index in [-0.39, 0.29) is 5.57 Å². The molecule has 0 aromatic heterocycles. The fraction of sp³-hybridized carbons (Fsp3) is 0.571. The fourth-order valence-corrected chi connectivity index (χ4v) is 0.309. The SMILES string of the molecule is C=C(C)C(=O)OC(O)(O)C(C)O. The normalized spacial score (nSPS) is 13.8. The second-order valence-electron chi connectivity index (χ2n) is 2.50. The van der Waals surface area contributed by atoms with Gasteiger partial charge in [-0.15, -0.1) is 0 Å². The maximum atomic E-state index is 10.7. The third-order valence-corrected chi connectivity index (χ3v) is 1.14. The quantitative estimate of drug-likeness (QED) is 0.295. The van der Waals surface area contributed by atoms with Gasteiger partial charge in [-0.1, -0.05) is 6.58 Å². The third-order valence-electron chi connectivity index (χ3n) is 1.14. The molecule has 3 N–H and O–H groups in total. The van der Waals surface area contributed by atoms with Crippen molar-refractivity contribution in [1.29, 1.82) is 0 Å². The van der Waals surface area contributed by atoms with Crippen LogP contribution in [0, 0.1) is 0 Å². The van der Waals surface area contributed by atoms with Crippen molar-refractivity contribution < 1.29 is 24.9 Å². The lowest BCUT2D eigenvalue weighted by atomic mass is 10.3. The van der Waals surface area contributed by atoms with Gasteiger partial charge in [-0.2, -0.15) is 0 Å². The smallest absolute Gasteiger partial charge is 0.351 e. The highest BCUT2D eigenvalue weighted by Crippen LogP contribution is 2.10. The summed E-state index contributed by atoms with van der Waals surface area (Å²) in [4.78, 5) is 10.7. The number of esters is 1. The zero-order chi connectivity index (χ0) is 9.94.